The summed E-state index contributed by atoms with van der Waals surface area (Å²) in [6.45, 7) is 5.01. The van der Waals surface area contributed by atoms with Crippen LogP contribution in [0.2, 0.25) is 0 Å². The standard InChI is InChI=1S/C20H31N3O3S/c1-14-6-4-7-18(15(14)2)21-20(27)23-22-19(24)8-5-13-26-17-11-9-16(25-3)10-12-17/h9-12,14-15,18H,4-8,13H2,1-3H3,(H,22,24)(H2,21,23,27)/t14-,15-,18-/m1/s1. The highest BCUT2D eigenvalue weighted by molar-refractivity contribution is 7.80. The number of ether oxygens (including phenoxy) is 2. The second-order valence-corrected chi connectivity index (χ2v) is 7.56. The zero-order valence-electron chi connectivity index (χ0n) is 16.4. The van der Waals surface area contributed by atoms with Crippen molar-refractivity contribution in [1.82, 2.24) is 16.2 Å². The first-order chi connectivity index (χ1) is 13.0. The van der Waals surface area contributed by atoms with E-state index in [-0.39, 0.29) is 5.91 Å². The maximum atomic E-state index is 11.9. The number of carbonyl (C=O) groups excluding carboxylic acids is 1. The molecule has 1 saturated carbocycles. The Balaban J connectivity index is 1.57. The first-order valence-corrected chi connectivity index (χ1v) is 10.0. The summed E-state index contributed by atoms with van der Waals surface area (Å²) in [4.78, 5) is 11.9. The van der Waals surface area contributed by atoms with Crippen LogP contribution in [-0.4, -0.2) is 30.8 Å². The van der Waals surface area contributed by atoms with Gasteiger partial charge in [-0.15, -0.1) is 0 Å². The molecule has 2 rings (SSSR count). The highest BCUT2D eigenvalue weighted by Gasteiger charge is 2.27. The summed E-state index contributed by atoms with van der Waals surface area (Å²) >= 11 is 5.29. The molecule has 6 nitrogen and oxygen atoms in total. The molecule has 0 radical (unpaired) electrons. The van der Waals surface area contributed by atoms with Crippen molar-refractivity contribution < 1.29 is 14.3 Å². The molecule has 3 atom stereocenters. The quantitative estimate of drug-likeness (QED) is 0.375. The average Bonchev–Trinajstić information content (AvgIpc) is 2.67. The normalized spacial score (nSPS) is 21.8. The van der Waals surface area contributed by atoms with Gasteiger partial charge in [-0.1, -0.05) is 26.7 Å². The molecule has 1 aliphatic carbocycles. The van der Waals surface area contributed by atoms with Gasteiger partial charge in [-0.2, -0.15) is 0 Å². The molecular formula is C20H31N3O3S. The van der Waals surface area contributed by atoms with Crippen molar-refractivity contribution in [1.29, 1.82) is 0 Å². The largest absolute Gasteiger partial charge is 0.497 e. The van der Waals surface area contributed by atoms with Crippen molar-refractivity contribution in [3.05, 3.63) is 24.3 Å². The van der Waals surface area contributed by atoms with E-state index in [0.717, 1.165) is 17.9 Å². The van der Waals surface area contributed by atoms with Crippen molar-refractivity contribution in [3.63, 3.8) is 0 Å². The van der Waals surface area contributed by atoms with Gasteiger partial charge in [0.1, 0.15) is 11.5 Å². The Hall–Kier alpha value is -2.02. The summed E-state index contributed by atoms with van der Waals surface area (Å²) in [6.07, 6.45) is 4.59. The van der Waals surface area contributed by atoms with E-state index in [1.54, 1.807) is 7.11 Å². The van der Waals surface area contributed by atoms with Crippen LogP contribution in [0.25, 0.3) is 0 Å². The van der Waals surface area contributed by atoms with Gasteiger partial charge in [-0.25, -0.2) is 0 Å². The highest BCUT2D eigenvalue weighted by Crippen LogP contribution is 2.29. The summed E-state index contributed by atoms with van der Waals surface area (Å²) in [5.41, 5.74) is 5.45. The van der Waals surface area contributed by atoms with E-state index in [9.17, 15) is 4.79 Å². The fraction of sp³-hybridized carbons (Fsp3) is 0.600. The molecule has 0 aliphatic heterocycles. The Morgan fingerprint density at radius 2 is 1.85 bits per heavy atom. The first kappa shape index (κ1) is 21.3. The number of methoxy groups -OCH3 is 1. The van der Waals surface area contributed by atoms with Crippen LogP contribution in [0.3, 0.4) is 0 Å². The van der Waals surface area contributed by atoms with Crippen molar-refractivity contribution >= 4 is 23.2 Å². The summed E-state index contributed by atoms with van der Waals surface area (Å²) in [6, 6.07) is 7.74. The van der Waals surface area contributed by atoms with Gasteiger partial charge in [0.15, 0.2) is 5.11 Å². The van der Waals surface area contributed by atoms with Gasteiger partial charge >= 0.3 is 0 Å². The van der Waals surface area contributed by atoms with Gasteiger partial charge in [-0.3, -0.25) is 15.6 Å². The number of carbonyl (C=O) groups is 1. The highest BCUT2D eigenvalue weighted by atomic mass is 32.1. The van der Waals surface area contributed by atoms with Crippen LogP contribution in [0, 0.1) is 11.8 Å². The van der Waals surface area contributed by atoms with Gasteiger partial charge in [0.25, 0.3) is 0 Å². The first-order valence-electron chi connectivity index (χ1n) is 9.61. The van der Waals surface area contributed by atoms with E-state index in [1.807, 2.05) is 24.3 Å². The van der Waals surface area contributed by atoms with E-state index in [0.29, 0.717) is 42.4 Å². The Labute approximate surface area is 167 Å². The molecule has 1 aromatic carbocycles. The van der Waals surface area contributed by atoms with Crippen molar-refractivity contribution in [3.8, 4) is 11.5 Å². The van der Waals surface area contributed by atoms with Crippen LogP contribution in [-0.2, 0) is 4.79 Å². The second kappa shape index (κ2) is 11.0. The molecule has 1 amide bonds. The maximum Gasteiger partial charge on any atom is 0.238 e. The van der Waals surface area contributed by atoms with Gasteiger partial charge < -0.3 is 14.8 Å². The summed E-state index contributed by atoms with van der Waals surface area (Å²) < 4.78 is 10.7. The Kier molecular flexibility index (Phi) is 8.64. The number of thiocarbonyl (C=S) groups is 1. The molecule has 1 aliphatic rings. The Morgan fingerprint density at radius 1 is 1.15 bits per heavy atom. The van der Waals surface area contributed by atoms with Gasteiger partial charge in [0.05, 0.1) is 13.7 Å². The number of nitrogens with one attached hydrogen (secondary N) is 3. The lowest BCUT2D eigenvalue weighted by Crippen LogP contribution is -2.52. The van der Waals surface area contributed by atoms with Crippen LogP contribution >= 0.6 is 12.2 Å². The molecule has 27 heavy (non-hydrogen) atoms. The predicted octanol–water partition coefficient (Wildman–Crippen LogP) is 3.17. The summed E-state index contributed by atoms with van der Waals surface area (Å²) in [7, 11) is 1.62. The lowest BCUT2D eigenvalue weighted by molar-refractivity contribution is -0.121. The van der Waals surface area contributed by atoms with E-state index < -0.39 is 0 Å². The predicted molar refractivity (Wildman–Crippen MR) is 111 cm³/mol. The van der Waals surface area contributed by atoms with Gasteiger partial charge in [-0.05, 0) is 61.2 Å². The smallest absolute Gasteiger partial charge is 0.238 e. The van der Waals surface area contributed by atoms with Gasteiger partial charge in [0.2, 0.25) is 5.91 Å². The van der Waals surface area contributed by atoms with Crippen LogP contribution in [0.15, 0.2) is 24.3 Å². The molecule has 1 fully saturated rings. The molecule has 3 N–H and O–H groups in total. The number of hydrogen-bond acceptors (Lipinski definition) is 4. The van der Waals surface area contributed by atoms with E-state index in [2.05, 4.69) is 30.0 Å². The van der Waals surface area contributed by atoms with Crippen molar-refractivity contribution in [2.24, 2.45) is 11.8 Å². The molecule has 0 aromatic heterocycles. The fourth-order valence-electron chi connectivity index (χ4n) is 3.27. The van der Waals surface area contributed by atoms with Gasteiger partial charge in [0, 0.05) is 12.5 Å². The molecule has 1 aromatic rings. The molecule has 0 spiro atoms. The van der Waals surface area contributed by atoms with Crippen LogP contribution in [0.4, 0.5) is 0 Å². The zero-order chi connectivity index (χ0) is 19.6. The third kappa shape index (κ3) is 7.25. The minimum absolute atomic E-state index is 0.109. The SMILES string of the molecule is COc1ccc(OCCCC(=O)NNC(=S)N[C@@H]2CCC[C@@H](C)[C@H]2C)cc1. The topological polar surface area (TPSA) is 71.6 Å². The van der Waals surface area contributed by atoms with Crippen molar-refractivity contribution in [2.45, 2.75) is 52.0 Å². The number of benzene rings is 1. The molecular weight excluding hydrogens is 362 g/mol. The Morgan fingerprint density at radius 3 is 2.56 bits per heavy atom. The zero-order valence-corrected chi connectivity index (χ0v) is 17.2. The van der Waals surface area contributed by atoms with Crippen molar-refractivity contribution in [2.75, 3.05) is 13.7 Å². The molecule has 0 saturated heterocycles. The number of rotatable bonds is 7. The lowest BCUT2D eigenvalue weighted by atomic mass is 9.78. The molecule has 150 valence electrons. The average molecular weight is 394 g/mol. The van der Waals surface area contributed by atoms with E-state index >= 15 is 0 Å². The van der Waals surface area contributed by atoms with Crippen LogP contribution < -0.4 is 25.6 Å². The monoisotopic (exact) mass is 393 g/mol. The van der Waals surface area contributed by atoms with E-state index in [4.69, 9.17) is 21.7 Å². The lowest BCUT2D eigenvalue weighted by Gasteiger charge is -2.35. The molecule has 0 bridgehead atoms. The van der Waals surface area contributed by atoms with Crippen LogP contribution in [0.5, 0.6) is 11.5 Å². The second-order valence-electron chi connectivity index (χ2n) is 7.15. The molecule has 0 heterocycles. The number of hydrazine groups is 1. The van der Waals surface area contributed by atoms with E-state index in [1.165, 1.54) is 12.8 Å². The molecule has 7 heteroatoms. The fourth-order valence-corrected chi connectivity index (χ4v) is 3.48. The van der Waals surface area contributed by atoms with Crippen LogP contribution in [0.1, 0.15) is 46.0 Å². The third-order valence-corrected chi connectivity index (χ3v) is 5.44. The summed E-state index contributed by atoms with van der Waals surface area (Å²) in [5.74, 6) is 2.70. The molecule has 0 unspecified atom stereocenters. The number of amides is 1. The summed E-state index contributed by atoms with van der Waals surface area (Å²) in [5, 5.41) is 3.80. The minimum Gasteiger partial charge on any atom is -0.497 e. The third-order valence-electron chi connectivity index (χ3n) is 5.22. The number of hydrogen-bond donors (Lipinski definition) is 3. The Bertz CT molecular complexity index is 609. The maximum absolute atomic E-state index is 11.9. The minimum atomic E-state index is -0.109.